The van der Waals surface area contributed by atoms with Crippen LogP contribution in [0.15, 0.2) is 36.4 Å². The molecule has 6 heteroatoms. The fraction of sp³-hybridized carbons (Fsp3) is 0.133. The van der Waals surface area contributed by atoms with Crippen LogP contribution in [0.2, 0.25) is 10.0 Å². The van der Waals surface area contributed by atoms with Crippen molar-refractivity contribution in [3.63, 3.8) is 0 Å². The van der Waals surface area contributed by atoms with Crippen LogP contribution in [0.4, 0.5) is 0 Å². The van der Waals surface area contributed by atoms with Crippen LogP contribution < -0.4 is 5.32 Å². The van der Waals surface area contributed by atoms with Crippen molar-refractivity contribution in [3.05, 3.63) is 61.1 Å². The van der Waals surface area contributed by atoms with E-state index in [-0.39, 0.29) is 23.3 Å². The highest BCUT2D eigenvalue weighted by Crippen LogP contribution is 2.27. The molecule has 0 aliphatic rings. The number of phenolic OH excluding ortho intramolecular Hbond substituents is 1. The first-order chi connectivity index (χ1) is 9.88. The molecule has 2 aromatic carbocycles. The van der Waals surface area contributed by atoms with Crippen molar-refractivity contribution in [2.24, 2.45) is 0 Å². The van der Waals surface area contributed by atoms with Gasteiger partial charge in [0.2, 0.25) is 0 Å². The van der Waals surface area contributed by atoms with Gasteiger partial charge in [0.25, 0.3) is 5.91 Å². The van der Waals surface area contributed by atoms with Crippen molar-refractivity contribution in [1.82, 2.24) is 5.32 Å². The minimum Gasteiger partial charge on any atom is -0.507 e. The Morgan fingerprint density at radius 3 is 2.62 bits per heavy atom. The lowest BCUT2D eigenvalue weighted by molar-refractivity contribution is 0.0937. The van der Waals surface area contributed by atoms with E-state index in [9.17, 15) is 9.90 Å². The number of rotatable bonds is 3. The lowest BCUT2D eigenvalue weighted by atomic mass is 10.1. The van der Waals surface area contributed by atoms with Crippen LogP contribution >= 0.6 is 45.8 Å². The fourth-order valence-corrected chi connectivity index (χ4v) is 2.96. The third-order valence-corrected chi connectivity index (χ3v) is 4.21. The van der Waals surface area contributed by atoms with Gasteiger partial charge in [-0.2, -0.15) is 0 Å². The van der Waals surface area contributed by atoms with Crippen LogP contribution in [0.25, 0.3) is 0 Å². The van der Waals surface area contributed by atoms with Crippen LogP contribution in [-0.4, -0.2) is 11.0 Å². The first-order valence-corrected chi connectivity index (χ1v) is 7.96. The Kier molecular flexibility index (Phi) is 5.35. The van der Waals surface area contributed by atoms with Crippen LogP contribution in [0, 0.1) is 3.57 Å². The Bertz CT molecular complexity index is 691. The second-order valence-corrected chi connectivity index (χ2v) is 6.61. The van der Waals surface area contributed by atoms with E-state index >= 15 is 0 Å². The highest BCUT2D eigenvalue weighted by molar-refractivity contribution is 14.1. The van der Waals surface area contributed by atoms with Crippen LogP contribution in [0.5, 0.6) is 5.75 Å². The van der Waals surface area contributed by atoms with Gasteiger partial charge in [0.1, 0.15) is 5.75 Å². The van der Waals surface area contributed by atoms with Crippen LogP contribution in [-0.2, 0) is 0 Å². The summed E-state index contributed by atoms with van der Waals surface area (Å²) in [5, 5.41) is 13.6. The van der Waals surface area contributed by atoms with Gasteiger partial charge in [-0.3, -0.25) is 4.79 Å². The highest BCUT2D eigenvalue weighted by Gasteiger charge is 2.17. The van der Waals surface area contributed by atoms with E-state index in [0.29, 0.717) is 10.0 Å². The molecular weight excluding hydrogens is 424 g/mol. The number of amides is 1. The molecule has 0 saturated heterocycles. The van der Waals surface area contributed by atoms with Gasteiger partial charge in [-0.1, -0.05) is 29.3 Å². The molecule has 1 atom stereocenters. The molecule has 0 aliphatic carbocycles. The van der Waals surface area contributed by atoms with E-state index in [1.165, 1.54) is 6.07 Å². The van der Waals surface area contributed by atoms with E-state index < -0.39 is 0 Å². The molecule has 21 heavy (non-hydrogen) atoms. The summed E-state index contributed by atoms with van der Waals surface area (Å²) in [4.78, 5) is 12.2. The molecule has 0 saturated carbocycles. The van der Waals surface area contributed by atoms with Gasteiger partial charge >= 0.3 is 0 Å². The molecule has 0 heterocycles. The van der Waals surface area contributed by atoms with Crippen molar-refractivity contribution < 1.29 is 9.90 Å². The summed E-state index contributed by atoms with van der Waals surface area (Å²) in [5.41, 5.74) is 0.998. The van der Waals surface area contributed by atoms with E-state index in [2.05, 4.69) is 27.9 Å². The van der Waals surface area contributed by atoms with Gasteiger partial charge in [-0.05, 0) is 65.4 Å². The molecule has 1 amide bonds. The van der Waals surface area contributed by atoms with Gasteiger partial charge in [0.05, 0.1) is 11.6 Å². The average molecular weight is 436 g/mol. The smallest absolute Gasteiger partial charge is 0.255 e. The van der Waals surface area contributed by atoms with Gasteiger partial charge in [-0.25, -0.2) is 0 Å². The molecule has 1 unspecified atom stereocenters. The van der Waals surface area contributed by atoms with Crippen LogP contribution in [0.1, 0.15) is 28.9 Å². The first-order valence-electron chi connectivity index (χ1n) is 6.13. The van der Waals surface area contributed by atoms with Crippen molar-refractivity contribution in [2.75, 3.05) is 0 Å². The van der Waals surface area contributed by atoms with Crippen LogP contribution in [0.3, 0.4) is 0 Å². The minimum absolute atomic E-state index is 0.0534. The van der Waals surface area contributed by atoms with Crippen molar-refractivity contribution >= 4 is 51.7 Å². The lowest BCUT2D eigenvalue weighted by Crippen LogP contribution is -2.27. The zero-order chi connectivity index (χ0) is 15.6. The first kappa shape index (κ1) is 16.4. The summed E-state index contributed by atoms with van der Waals surface area (Å²) in [5.74, 6) is -0.410. The Labute approximate surface area is 146 Å². The quantitative estimate of drug-likeness (QED) is 0.680. The van der Waals surface area contributed by atoms with Gasteiger partial charge < -0.3 is 10.4 Å². The molecule has 2 rings (SSSR count). The minimum atomic E-state index is -0.357. The predicted molar refractivity (Wildman–Crippen MR) is 93.2 cm³/mol. The maximum Gasteiger partial charge on any atom is 0.255 e. The second-order valence-electron chi connectivity index (χ2n) is 4.52. The lowest BCUT2D eigenvalue weighted by Gasteiger charge is -2.16. The Morgan fingerprint density at radius 2 is 1.95 bits per heavy atom. The number of carbonyl (C=O) groups excluding carboxylic acids is 1. The van der Waals surface area contributed by atoms with Crippen molar-refractivity contribution in [3.8, 4) is 5.75 Å². The average Bonchev–Trinajstić information content (AvgIpc) is 2.41. The summed E-state index contributed by atoms with van der Waals surface area (Å²) in [6.45, 7) is 1.82. The van der Waals surface area contributed by atoms with E-state index in [4.69, 9.17) is 23.2 Å². The summed E-state index contributed by atoms with van der Waals surface area (Å²) in [6.07, 6.45) is 0. The summed E-state index contributed by atoms with van der Waals surface area (Å²) >= 11 is 14.1. The normalized spacial score (nSPS) is 12.0. The largest absolute Gasteiger partial charge is 0.507 e. The molecule has 0 bridgehead atoms. The molecule has 0 spiro atoms. The maximum atomic E-state index is 12.2. The number of aromatic hydroxyl groups is 1. The SMILES string of the molecule is CC(NC(=O)c1cc(I)ccc1O)c1ccc(Cl)cc1Cl. The fourth-order valence-electron chi connectivity index (χ4n) is 1.89. The predicted octanol–water partition coefficient (Wildman–Crippen LogP) is 4.79. The summed E-state index contributed by atoms with van der Waals surface area (Å²) in [7, 11) is 0. The number of carbonyl (C=O) groups is 1. The molecule has 110 valence electrons. The monoisotopic (exact) mass is 435 g/mol. The zero-order valence-electron chi connectivity index (χ0n) is 11.0. The number of nitrogens with one attached hydrogen (secondary N) is 1. The second kappa shape index (κ2) is 6.85. The topological polar surface area (TPSA) is 49.3 Å². The van der Waals surface area contributed by atoms with Crippen molar-refractivity contribution in [2.45, 2.75) is 13.0 Å². The van der Waals surface area contributed by atoms with Gasteiger partial charge in [-0.15, -0.1) is 0 Å². The molecule has 0 fully saturated rings. The standard InChI is InChI=1S/C15H12Cl2INO2/c1-8(11-4-2-9(16)6-13(11)17)19-15(21)12-7-10(18)3-5-14(12)20/h2-8,20H,1H3,(H,19,21). The van der Waals surface area contributed by atoms with E-state index in [1.807, 2.05) is 6.92 Å². The third kappa shape index (κ3) is 4.02. The Balaban J connectivity index is 2.20. The molecule has 2 aromatic rings. The maximum absolute atomic E-state index is 12.2. The summed E-state index contributed by atoms with van der Waals surface area (Å²) < 4.78 is 0.868. The van der Waals surface area contributed by atoms with E-state index in [0.717, 1.165) is 9.13 Å². The Morgan fingerprint density at radius 1 is 1.24 bits per heavy atom. The Hall–Kier alpha value is -0.980. The van der Waals surface area contributed by atoms with Crippen molar-refractivity contribution in [1.29, 1.82) is 0 Å². The molecule has 3 nitrogen and oxygen atoms in total. The summed E-state index contributed by atoms with van der Waals surface area (Å²) in [6, 6.07) is 9.66. The van der Waals surface area contributed by atoms with Gasteiger partial charge in [0.15, 0.2) is 0 Å². The molecular formula is C15H12Cl2INO2. The molecule has 0 radical (unpaired) electrons. The van der Waals surface area contributed by atoms with E-state index in [1.54, 1.807) is 30.3 Å². The highest BCUT2D eigenvalue weighted by atomic mass is 127. The zero-order valence-corrected chi connectivity index (χ0v) is 14.7. The molecule has 0 aliphatic heterocycles. The molecule has 0 aromatic heterocycles. The number of hydrogen-bond acceptors (Lipinski definition) is 2. The number of benzene rings is 2. The third-order valence-electron chi connectivity index (χ3n) is 2.98. The number of phenols is 1. The number of hydrogen-bond donors (Lipinski definition) is 2. The molecule has 2 N–H and O–H groups in total. The van der Waals surface area contributed by atoms with Gasteiger partial charge in [0, 0.05) is 13.6 Å². The number of halogens is 3.